The molecule has 2 aromatic heterocycles. The third-order valence-electron chi connectivity index (χ3n) is 2.02. The molecular formula is C10H10N2O2S. The second-order valence-corrected chi connectivity index (χ2v) is 4.17. The molecule has 0 aliphatic heterocycles. The maximum Gasteiger partial charge on any atom is 0.293 e. The summed E-state index contributed by atoms with van der Waals surface area (Å²) in [4.78, 5) is 19.2. The van der Waals surface area contributed by atoms with Crippen LogP contribution in [0.3, 0.4) is 0 Å². The number of hydrogen-bond donors (Lipinski definition) is 1. The van der Waals surface area contributed by atoms with E-state index in [1.165, 1.54) is 18.3 Å². The lowest BCUT2D eigenvalue weighted by atomic mass is 10.2. The SMILES string of the molecule is COc1c(-c2csc(C)c2)nc[nH]c1=O. The molecule has 2 rings (SSSR count). The van der Waals surface area contributed by atoms with Gasteiger partial charge >= 0.3 is 0 Å². The fraction of sp³-hybridized carbons (Fsp3) is 0.200. The highest BCUT2D eigenvalue weighted by atomic mass is 32.1. The van der Waals surface area contributed by atoms with Crippen molar-refractivity contribution in [2.45, 2.75) is 6.92 Å². The molecule has 0 spiro atoms. The van der Waals surface area contributed by atoms with Crippen LogP contribution in [-0.2, 0) is 0 Å². The predicted octanol–water partition coefficient (Wildman–Crippen LogP) is 1.82. The first-order chi connectivity index (χ1) is 7.22. The minimum Gasteiger partial charge on any atom is -0.490 e. The number of rotatable bonds is 2. The number of aromatic amines is 1. The Morgan fingerprint density at radius 2 is 2.33 bits per heavy atom. The Balaban J connectivity index is 2.62. The van der Waals surface area contributed by atoms with Crippen molar-refractivity contribution in [3.05, 3.63) is 33.0 Å². The van der Waals surface area contributed by atoms with Crippen molar-refractivity contribution in [1.82, 2.24) is 9.97 Å². The molecule has 0 aliphatic carbocycles. The second-order valence-electron chi connectivity index (χ2n) is 3.06. The molecule has 0 aliphatic rings. The van der Waals surface area contributed by atoms with Crippen molar-refractivity contribution in [3.8, 4) is 17.0 Å². The van der Waals surface area contributed by atoms with Crippen LogP contribution in [-0.4, -0.2) is 17.1 Å². The van der Waals surface area contributed by atoms with Gasteiger partial charge in [0, 0.05) is 15.8 Å². The Morgan fingerprint density at radius 3 is 2.93 bits per heavy atom. The smallest absolute Gasteiger partial charge is 0.293 e. The fourth-order valence-electron chi connectivity index (χ4n) is 1.35. The fourth-order valence-corrected chi connectivity index (χ4v) is 2.04. The molecule has 0 radical (unpaired) electrons. The Bertz CT molecular complexity index is 530. The van der Waals surface area contributed by atoms with Crippen molar-refractivity contribution >= 4 is 11.3 Å². The number of ether oxygens (including phenoxy) is 1. The molecule has 0 unspecified atom stereocenters. The summed E-state index contributed by atoms with van der Waals surface area (Å²) in [6.07, 6.45) is 1.38. The van der Waals surface area contributed by atoms with E-state index in [-0.39, 0.29) is 11.3 Å². The van der Waals surface area contributed by atoms with Gasteiger partial charge in [-0.1, -0.05) is 0 Å². The van der Waals surface area contributed by atoms with Gasteiger partial charge in [0.15, 0.2) is 0 Å². The molecule has 0 fully saturated rings. The van der Waals surface area contributed by atoms with Crippen LogP contribution in [0.2, 0.25) is 0 Å². The van der Waals surface area contributed by atoms with Gasteiger partial charge in [-0.15, -0.1) is 11.3 Å². The van der Waals surface area contributed by atoms with Gasteiger partial charge in [-0.05, 0) is 13.0 Å². The number of nitrogens with zero attached hydrogens (tertiary/aromatic N) is 1. The highest BCUT2D eigenvalue weighted by Crippen LogP contribution is 2.27. The molecule has 0 aromatic carbocycles. The summed E-state index contributed by atoms with van der Waals surface area (Å²) < 4.78 is 5.04. The van der Waals surface area contributed by atoms with Crippen LogP contribution < -0.4 is 10.3 Å². The first kappa shape index (κ1) is 9.92. The molecular weight excluding hydrogens is 212 g/mol. The Labute approximate surface area is 90.6 Å². The van der Waals surface area contributed by atoms with Gasteiger partial charge in [-0.2, -0.15) is 0 Å². The van der Waals surface area contributed by atoms with E-state index in [9.17, 15) is 4.79 Å². The number of thiophene rings is 1. The van der Waals surface area contributed by atoms with Gasteiger partial charge < -0.3 is 9.72 Å². The van der Waals surface area contributed by atoms with Crippen LogP contribution in [0.25, 0.3) is 11.3 Å². The van der Waals surface area contributed by atoms with Gasteiger partial charge in [0.1, 0.15) is 5.69 Å². The van der Waals surface area contributed by atoms with Crippen LogP contribution >= 0.6 is 11.3 Å². The summed E-state index contributed by atoms with van der Waals surface area (Å²) in [5.41, 5.74) is 1.25. The number of methoxy groups -OCH3 is 1. The number of nitrogens with one attached hydrogen (secondary N) is 1. The summed E-state index contributed by atoms with van der Waals surface area (Å²) in [6.45, 7) is 2.01. The quantitative estimate of drug-likeness (QED) is 0.843. The lowest BCUT2D eigenvalue weighted by Gasteiger charge is -2.03. The zero-order chi connectivity index (χ0) is 10.8. The van der Waals surface area contributed by atoms with Crippen molar-refractivity contribution < 1.29 is 4.74 Å². The van der Waals surface area contributed by atoms with E-state index < -0.39 is 0 Å². The Morgan fingerprint density at radius 1 is 1.53 bits per heavy atom. The maximum absolute atomic E-state index is 11.4. The van der Waals surface area contributed by atoms with E-state index in [0.29, 0.717) is 5.69 Å². The second kappa shape index (κ2) is 3.86. The van der Waals surface area contributed by atoms with Crippen LogP contribution in [0, 0.1) is 6.92 Å². The minimum absolute atomic E-state index is 0.258. The minimum atomic E-state index is -0.258. The molecule has 2 heterocycles. The van der Waals surface area contributed by atoms with E-state index in [4.69, 9.17) is 4.74 Å². The van der Waals surface area contributed by atoms with Crippen molar-refractivity contribution in [2.75, 3.05) is 7.11 Å². The zero-order valence-electron chi connectivity index (χ0n) is 8.40. The molecule has 0 amide bonds. The number of hydrogen-bond acceptors (Lipinski definition) is 4. The molecule has 0 saturated carbocycles. The number of aryl methyl sites for hydroxylation is 1. The normalized spacial score (nSPS) is 10.3. The molecule has 5 heteroatoms. The van der Waals surface area contributed by atoms with Crippen molar-refractivity contribution in [2.24, 2.45) is 0 Å². The van der Waals surface area contributed by atoms with Crippen molar-refractivity contribution in [1.29, 1.82) is 0 Å². The topological polar surface area (TPSA) is 55.0 Å². The third kappa shape index (κ3) is 1.78. The number of aromatic nitrogens is 2. The predicted molar refractivity (Wildman–Crippen MR) is 59.5 cm³/mol. The van der Waals surface area contributed by atoms with E-state index in [0.717, 1.165) is 5.56 Å². The summed E-state index contributed by atoms with van der Waals surface area (Å²) >= 11 is 1.62. The summed E-state index contributed by atoms with van der Waals surface area (Å²) in [6, 6.07) is 1.98. The van der Waals surface area contributed by atoms with E-state index in [1.54, 1.807) is 11.3 Å². The molecule has 1 N–H and O–H groups in total. The monoisotopic (exact) mass is 222 g/mol. The standard InChI is InChI=1S/C10H10N2O2S/c1-6-3-7(4-15-6)8-9(14-2)10(13)12-5-11-8/h3-5H,1-2H3,(H,11,12,13). The first-order valence-electron chi connectivity index (χ1n) is 4.39. The molecule has 0 atom stereocenters. The van der Waals surface area contributed by atoms with E-state index in [2.05, 4.69) is 9.97 Å². The van der Waals surface area contributed by atoms with Gasteiger partial charge in [0.05, 0.1) is 13.4 Å². The van der Waals surface area contributed by atoms with Crippen LogP contribution in [0.4, 0.5) is 0 Å². The summed E-state index contributed by atoms with van der Waals surface area (Å²) in [5.74, 6) is 0.260. The average Bonchev–Trinajstić information content (AvgIpc) is 2.64. The third-order valence-corrected chi connectivity index (χ3v) is 2.88. The van der Waals surface area contributed by atoms with Gasteiger partial charge in [0.25, 0.3) is 5.56 Å². The largest absolute Gasteiger partial charge is 0.490 e. The average molecular weight is 222 g/mol. The van der Waals surface area contributed by atoms with Gasteiger partial charge in [0.2, 0.25) is 5.75 Å². The van der Waals surface area contributed by atoms with Crippen molar-refractivity contribution in [3.63, 3.8) is 0 Å². The zero-order valence-corrected chi connectivity index (χ0v) is 9.22. The molecule has 0 bridgehead atoms. The van der Waals surface area contributed by atoms with Crippen LogP contribution in [0.5, 0.6) is 5.75 Å². The van der Waals surface area contributed by atoms with Gasteiger partial charge in [-0.3, -0.25) is 4.79 Å². The number of H-pyrrole nitrogens is 1. The lowest BCUT2D eigenvalue weighted by Crippen LogP contribution is -2.10. The summed E-state index contributed by atoms with van der Waals surface area (Å²) in [7, 11) is 1.47. The highest BCUT2D eigenvalue weighted by Gasteiger charge is 2.11. The van der Waals surface area contributed by atoms with E-state index >= 15 is 0 Å². The molecule has 15 heavy (non-hydrogen) atoms. The molecule has 78 valence electrons. The van der Waals surface area contributed by atoms with Crippen LogP contribution in [0.1, 0.15) is 4.88 Å². The molecule has 0 saturated heterocycles. The Kier molecular flexibility index (Phi) is 2.55. The van der Waals surface area contributed by atoms with E-state index in [1.807, 2.05) is 18.4 Å². The molecule has 4 nitrogen and oxygen atoms in total. The van der Waals surface area contributed by atoms with Gasteiger partial charge in [-0.25, -0.2) is 4.98 Å². The first-order valence-corrected chi connectivity index (χ1v) is 5.27. The van der Waals surface area contributed by atoms with Crippen LogP contribution in [0.15, 0.2) is 22.6 Å². The summed E-state index contributed by atoms with van der Waals surface area (Å²) in [5, 5.41) is 1.96. The Hall–Kier alpha value is -1.62. The lowest BCUT2D eigenvalue weighted by molar-refractivity contribution is 0.408. The molecule has 2 aromatic rings. The maximum atomic E-state index is 11.4. The highest BCUT2D eigenvalue weighted by molar-refractivity contribution is 7.10.